The molecule has 2 rings (SSSR count). The second-order valence-electron chi connectivity index (χ2n) is 5.91. The zero-order chi connectivity index (χ0) is 14.9. The number of ether oxygens (including phenoxy) is 2. The fourth-order valence-electron chi connectivity index (χ4n) is 3.14. The molecule has 1 N–H and O–H groups in total. The minimum atomic E-state index is 0.491. The van der Waals surface area contributed by atoms with E-state index in [1.54, 1.807) is 7.11 Å². The van der Waals surface area contributed by atoms with Gasteiger partial charge in [-0.05, 0) is 49.4 Å². The Morgan fingerprint density at radius 1 is 1.19 bits per heavy atom. The SMILES string of the molecule is CCNC(COc1ccc(CCOC)cc1)C1CCCC1. The van der Waals surface area contributed by atoms with Gasteiger partial charge in [-0.1, -0.05) is 31.9 Å². The van der Waals surface area contributed by atoms with E-state index in [1.807, 2.05) is 0 Å². The summed E-state index contributed by atoms with van der Waals surface area (Å²) in [5.41, 5.74) is 1.29. The Kier molecular flexibility index (Phi) is 7.04. The molecule has 1 aliphatic rings. The van der Waals surface area contributed by atoms with Gasteiger partial charge in [0, 0.05) is 13.2 Å². The number of likely N-dealkylation sites (N-methyl/N-ethyl adjacent to an activating group) is 1. The maximum Gasteiger partial charge on any atom is 0.119 e. The third-order valence-corrected chi connectivity index (χ3v) is 4.38. The summed E-state index contributed by atoms with van der Waals surface area (Å²) in [5.74, 6) is 1.75. The highest BCUT2D eigenvalue weighted by Crippen LogP contribution is 2.28. The molecule has 0 amide bonds. The molecule has 0 heterocycles. The first-order chi connectivity index (χ1) is 10.3. The molecule has 0 saturated heterocycles. The van der Waals surface area contributed by atoms with E-state index in [-0.39, 0.29) is 0 Å². The summed E-state index contributed by atoms with van der Waals surface area (Å²) in [6, 6.07) is 8.90. The van der Waals surface area contributed by atoms with Crippen LogP contribution in [0.1, 0.15) is 38.2 Å². The van der Waals surface area contributed by atoms with Crippen LogP contribution >= 0.6 is 0 Å². The van der Waals surface area contributed by atoms with Crippen molar-refractivity contribution in [3.8, 4) is 5.75 Å². The first-order valence-electron chi connectivity index (χ1n) is 8.27. The molecule has 21 heavy (non-hydrogen) atoms. The molecule has 1 fully saturated rings. The molecular formula is C18H29NO2. The Labute approximate surface area is 129 Å². The maximum atomic E-state index is 6.00. The molecule has 0 bridgehead atoms. The van der Waals surface area contributed by atoms with Crippen LogP contribution in [0, 0.1) is 5.92 Å². The summed E-state index contributed by atoms with van der Waals surface area (Å²) < 4.78 is 11.1. The maximum absolute atomic E-state index is 6.00. The van der Waals surface area contributed by atoms with Gasteiger partial charge in [-0.25, -0.2) is 0 Å². The molecule has 1 aromatic rings. The largest absolute Gasteiger partial charge is 0.492 e. The Morgan fingerprint density at radius 3 is 2.52 bits per heavy atom. The van der Waals surface area contributed by atoms with E-state index in [2.05, 4.69) is 36.5 Å². The van der Waals surface area contributed by atoms with Crippen molar-refractivity contribution in [3.05, 3.63) is 29.8 Å². The van der Waals surface area contributed by atoms with Crippen LogP contribution in [0.15, 0.2) is 24.3 Å². The number of benzene rings is 1. The highest BCUT2D eigenvalue weighted by Gasteiger charge is 2.24. The van der Waals surface area contributed by atoms with Crippen LogP contribution in [0.2, 0.25) is 0 Å². The molecular weight excluding hydrogens is 262 g/mol. The van der Waals surface area contributed by atoms with Crippen LogP contribution in [0.3, 0.4) is 0 Å². The first kappa shape index (κ1) is 16.3. The molecule has 1 aliphatic carbocycles. The number of nitrogens with one attached hydrogen (secondary N) is 1. The van der Waals surface area contributed by atoms with Crippen molar-refractivity contribution in [2.75, 3.05) is 26.9 Å². The second-order valence-corrected chi connectivity index (χ2v) is 5.91. The monoisotopic (exact) mass is 291 g/mol. The van der Waals surface area contributed by atoms with Gasteiger partial charge < -0.3 is 14.8 Å². The number of hydrogen-bond donors (Lipinski definition) is 1. The zero-order valence-corrected chi connectivity index (χ0v) is 13.4. The standard InChI is InChI=1S/C18H29NO2/c1-3-19-18(16-6-4-5-7-16)14-21-17-10-8-15(9-11-17)12-13-20-2/h8-11,16,18-19H,3-7,12-14H2,1-2H3. The molecule has 3 nitrogen and oxygen atoms in total. The fourth-order valence-corrected chi connectivity index (χ4v) is 3.14. The summed E-state index contributed by atoms with van der Waals surface area (Å²) in [6.45, 7) is 4.73. The van der Waals surface area contributed by atoms with Gasteiger partial charge in [0.15, 0.2) is 0 Å². The van der Waals surface area contributed by atoms with E-state index in [1.165, 1.54) is 31.2 Å². The molecule has 1 saturated carbocycles. The summed E-state index contributed by atoms with van der Waals surface area (Å²) >= 11 is 0. The van der Waals surface area contributed by atoms with Gasteiger partial charge in [0.25, 0.3) is 0 Å². The fraction of sp³-hybridized carbons (Fsp3) is 0.667. The Hall–Kier alpha value is -1.06. The van der Waals surface area contributed by atoms with Crippen molar-refractivity contribution >= 4 is 0 Å². The molecule has 0 radical (unpaired) electrons. The molecule has 1 atom stereocenters. The van der Waals surface area contributed by atoms with E-state index >= 15 is 0 Å². The van der Waals surface area contributed by atoms with Crippen molar-refractivity contribution in [1.29, 1.82) is 0 Å². The lowest BCUT2D eigenvalue weighted by Gasteiger charge is -2.24. The molecule has 118 valence electrons. The van der Waals surface area contributed by atoms with E-state index in [9.17, 15) is 0 Å². The molecule has 3 heteroatoms. The average Bonchev–Trinajstić information content (AvgIpc) is 3.04. The predicted molar refractivity (Wildman–Crippen MR) is 86.9 cm³/mol. The summed E-state index contributed by atoms with van der Waals surface area (Å²) in [4.78, 5) is 0. The van der Waals surface area contributed by atoms with E-state index in [4.69, 9.17) is 9.47 Å². The highest BCUT2D eigenvalue weighted by molar-refractivity contribution is 5.27. The van der Waals surface area contributed by atoms with Crippen molar-refractivity contribution < 1.29 is 9.47 Å². The highest BCUT2D eigenvalue weighted by atomic mass is 16.5. The minimum absolute atomic E-state index is 0.491. The van der Waals surface area contributed by atoms with Gasteiger partial charge in [0.2, 0.25) is 0 Å². The number of hydrogen-bond acceptors (Lipinski definition) is 3. The molecule has 1 aromatic carbocycles. The zero-order valence-electron chi connectivity index (χ0n) is 13.4. The number of methoxy groups -OCH3 is 1. The van der Waals surface area contributed by atoms with Crippen molar-refractivity contribution in [2.45, 2.75) is 45.1 Å². The third kappa shape index (κ3) is 5.33. The van der Waals surface area contributed by atoms with Crippen LogP contribution in [0.4, 0.5) is 0 Å². The van der Waals surface area contributed by atoms with Crippen LogP contribution in [-0.2, 0) is 11.2 Å². The minimum Gasteiger partial charge on any atom is -0.492 e. The van der Waals surface area contributed by atoms with Crippen molar-refractivity contribution in [1.82, 2.24) is 5.32 Å². The quantitative estimate of drug-likeness (QED) is 0.756. The first-order valence-corrected chi connectivity index (χ1v) is 8.27. The molecule has 1 unspecified atom stereocenters. The van der Waals surface area contributed by atoms with Crippen molar-refractivity contribution in [2.24, 2.45) is 5.92 Å². The Bertz CT molecular complexity index is 385. The van der Waals surface area contributed by atoms with Crippen LogP contribution < -0.4 is 10.1 Å². The van der Waals surface area contributed by atoms with E-state index in [0.717, 1.165) is 37.8 Å². The summed E-state index contributed by atoms with van der Waals surface area (Å²) in [6.07, 6.45) is 6.40. The van der Waals surface area contributed by atoms with Crippen LogP contribution in [-0.4, -0.2) is 32.9 Å². The third-order valence-electron chi connectivity index (χ3n) is 4.38. The lowest BCUT2D eigenvalue weighted by Crippen LogP contribution is -2.40. The predicted octanol–water partition coefficient (Wildman–Crippen LogP) is 3.42. The lowest BCUT2D eigenvalue weighted by molar-refractivity contribution is 0.202. The van der Waals surface area contributed by atoms with E-state index in [0.29, 0.717) is 6.04 Å². The molecule has 0 aliphatic heterocycles. The van der Waals surface area contributed by atoms with Gasteiger partial charge in [0.1, 0.15) is 12.4 Å². The summed E-state index contributed by atoms with van der Waals surface area (Å²) in [5, 5.41) is 3.59. The average molecular weight is 291 g/mol. The molecule has 0 spiro atoms. The number of rotatable bonds is 9. The van der Waals surface area contributed by atoms with E-state index < -0.39 is 0 Å². The summed E-state index contributed by atoms with van der Waals surface area (Å²) in [7, 11) is 1.74. The molecule has 0 aromatic heterocycles. The van der Waals surface area contributed by atoms with Gasteiger partial charge in [-0.15, -0.1) is 0 Å². The van der Waals surface area contributed by atoms with Gasteiger partial charge in [-0.3, -0.25) is 0 Å². The van der Waals surface area contributed by atoms with Crippen molar-refractivity contribution in [3.63, 3.8) is 0 Å². The van der Waals surface area contributed by atoms with Crippen LogP contribution in [0.5, 0.6) is 5.75 Å². The van der Waals surface area contributed by atoms with Gasteiger partial charge >= 0.3 is 0 Å². The van der Waals surface area contributed by atoms with Gasteiger partial charge in [0.05, 0.1) is 6.61 Å². The normalized spacial score (nSPS) is 17.0. The Morgan fingerprint density at radius 2 is 1.90 bits per heavy atom. The van der Waals surface area contributed by atoms with Crippen LogP contribution in [0.25, 0.3) is 0 Å². The lowest BCUT2D eigenvalue weighted by atomic mass is 9.99. The smallest absolute Gasteiger partial charge is 0.119 e. The Balaban J connectivity index is 1.82. The van der Waals surface area contributed by atoms with Gasteiger partial charge in [-0.2, -0.15) is 0 Å². The second kappa shape index (κ2) is 9.06. The topological polar surface area (TPSA) is 30.5 Å².